The topological polar surface area (TPSA) is 71.8 Å². The van der Waals surface area contributed by atoms with E-state index in [1.165, 1.54) is 0 Å². The van der Waals surface area contributed by atoms with Gasteiger partial charge < -0.3 is 19.1 Å². The molecule has 3 aliphatic rings. The summed E-state index contributed by atoms with van der Waals surface area (Å²) < 4.78 is 7.34. The highest BCUT2D eigenvalue weighted by Gasteiger charge is 2.39. The molecule has 4 rings (SSSR count). The Morgan fingerprint density at radius 2 is 1.76 bits per heavy atom. The monoisotopic (exact) mass is 401 g/mol. The number of amides is 2. The van der Waals surface area contributed by atoms with E-state index in [1.807, 2.05) is 42.4 Å². The summed E-state index contributed by atoms with van der Waals surface area (Å²) in [5.74, 6) is 0.745. The highest BCUT2D eigenvalue weighted by Crippen LogP contribution is 2.36. The van der Waals surface area contributed by atoms with Crippen LogP contribution in [0.1, 0.15) is 51.6 Å². The number of carbonyl (C=O) groups excluding carboxylic acids is 2. The van der Waals surface area contributed by atoms with Crippen LogP contribution < -0.4 is 5.56 Å². The van der Waals surface area contributed by atoms with Gasteiger partial charge in [-0.2, -0.15) is 0 Å². The Kier molecular flexibility index (Phi) is 5.17. The highest BCUT2D eigenvalue weighted by atomic mass is 16.6. The molecule has 2 atom stereocenters. The van der Waals surface area contributed by atoms with Crippen molar-refractivity contribution >= 4 is 12.0 Å². The fourth-order valence-corrected chi connectivity index (χ4v) is 4.97. The van der Waals surface area contributed by atoms with Gasteiger partial charge in [-0.15, -0.1) is 0 Å². The molecule has 2 bridgehead atoms. The number of pyridine rings is 1. The van der Waals surface area contributed by atoms with Crippen LogP contribution in [0.2, 0.25) is 0 Å². The second-order valence-corrected chi connectivity index (χ2v) is 9.68. The van der Waals surface area contributed by atoms with Gasteiger partial charge in [0, 0.05) is 56.3 Å². The van der Waals surface area contributed by atoms with Crippen molar-refractivity contribution in [2.45, 2.75) is 58.1 Å². The lowest BCUT2D eigenvalue weighted by molar-refractivity contribution is -0.139. The Labute approximate surface area is 171 Å². The van der Waals surface area contributed by atoms with Crippen molar-refractivity contribution in [3.63, 3.8) is 0 Å². The summed E-state index contributed by atoms with van der Waals surface area (Å²) in [6, 6.07) is 5.46. The number of piperidine rings is 2. The molecular formula is C22H31N3O4. The zero-order valence-electron chi connectivity index (χ0n) is 17.6. The molecule has 2 fully saturated rings. The normalized spacial score (nSPS) is 24.8. The molecule has 0 spiro atoms. The lowest BCUT2D eigenvalue weighted by atomic mass is 9.82. The van der Waals surface area contributed by atoms with Gasteiger partial charge in [0.1, 0.15) is 5.60 Å². The minimum absolute atomic E-state index is 0.0366. The van der Waals surface area contributed by atoms with Gasteiger partial charge in [-0.25, -0.2) is 4.79 Å². The van der Waals surface area contributed by atoms with Gasteiger partial charge in [-0.05, 0) is 52.0 Å². The van der Waals surface area contributed by atoms with Crippen LogP contribution in [-0.4, -0.2) is 58.1 Å². The Hall–Kier alpha value is -2.31. The van der Waals surface area contributed by atoms with Crippen LogP contribution >= 0.6 is 0 Å². The number of ether oxygens (including phenoxy) is 1. The third-order valence-corrected chi connectivity index (χ3v) is 6.29. The van der Waals surface area contributed by atoms with Crippen LogP contribution in [0.3, 0.4) is 0 Å². The van der Waals surface area contributed by atoms with E-state index >= 15 is 0 Å². The minimum atomic E-state index is -0.506. The van der Waals surface area contributed by atoms with E-state index < -0.39 is 5.60 Å². The van der Waals surface area contributed by atoms with Gasteiger partial charge in [-0.3, -0.25) is 9.59 Å². The fourth-order valence-electron chi connectivity index (χ4n) is 4.97. The molecule has 0 aromatic carbocycles. The summed E-state index contributed by atoms with van der Waals surface area (Å²) in [5.41, 5.74) is 0.616. The molecular weight excluding hydrogens is 370 g/mol. The lowest BCUT2D eigenvalue weighted by Gasteiger charge is -2.44. The van der Waals surface area contributed by atoms with E-state index in [1.54, 1.807) is 11.0 Å². The van der Waals surface area contributed by atoms with Crippen LogP contribution in [0.4, 0.5) is 4.79 Å². The second-order valence-electron chi connectivity index (χ2n) is 9.68. The molecule has 158 valence electrons. The maximum absolute atomic E-state index is 13.2. The molecule has 1 aromatic rings. The van der Waals surface area contributed by atoms with Crippen LogP contribution in [0.5, 0.6) is 0 Å². The minimum Gasteiger partial charge on any atom is -0.444 e. The quantitative estimate of drug-likeness (QED) is 0.725. The largest absolute Gasteiger partial charge is 0.444 e. The van der Waals surface area contributed by atoms with Crippen molar-refractivity contribution in [2.24, 2.45) is 11.8 Å². The molecule has 0 saturated carbocycles. The molecule has 2 amide bonds. The smallest absolute Gasteiger partial charge is 0.410 e. The van der Waals surface area contributed by atoms with Crippen molar-refractivity contribution in [1.82, 2.24) is 14.4 Å². The number of fused-ring (bicyclic) bond motifs is 4. The van der Waals surface area contributed by atoms with Crippen LogP contribution in [0, 0.1) is 11.8 Å². The molecule has 0 unspecified atom stereocenters. The second kappa shape index (κ2) is 7.50. The van der Waals surface area contributed by atoms with Crippen molar-refractivity contribution < 1.29 is 14.3 Å². The SMILES string of the molecule is CC(C)(C)OC(=O)N1CCC(C(=O)N2C[C@@H]3C[C@@H](C2)c2cccc(=O)n2C3)CC1. The summed E-state index contributed by atoms with van der Waals surface area (Å²) >= 11 is 0. The number of likely N-dealkylation sites (tertiary alicyclic amines) is 2. The Morgan fingerprint density at radius 3 is 2.45 bits per heavy atom. The molecule has 0 aliphatic carbocycles. The van der Waals surface area contributed by atoms with Gasteiger partial charge in [-0.1, -0.05) is 6.07 Å². The van der Waals surface area contributed by atoms with E-state index in [-0.39, 0.29) is 29.4 Å². The molecule has 3 aliphatic heterocycles. The van der Waals surface area contributed by atoms with E-state index in [0.29, 0.717) is 44.9 Å². The molecule has 29 heavy (non-hydrogen) atoms. The van der Waals surface area contributed by atoms with E-state index in [0.717, 1.165) is 18.7 Å². The molecule has 4 heterocycles. The van der Waals surface area contributed by atoms with Crippen molar-refractivity contribution in [2.75, 3.05) is 26.2 Å². The van der Waals surface area contributed by atoms with Gasteiger partial charge in [0.25, 0.3) is 5.56 Å². The number of carbonyl (C=O) groups is 2. The zero-order chi connectivity index (χ0) is 20.8. The average molecular weight is 402 g/mol. The predicted molar refractivity (Wildman–Crippen MR) is 109 cm³/mol. The molecule has 0 radical (unpaired) electrons. The number of hydrogen-bond acceptors (Lipinski definition) is 4. The van der Waals surface area contributed by atoms with Crippen molar-refractivity contribution in [3.8, 4) is 0 Å². The standard InChI is InChI=1S/C22H31N3O4/c1-22(2,3)29-21(28)23-9-7-16(8-10-23)20(27)24-12-15-11-17(14-24)18-5-4-6-19(26)25(18)13-15/h4-6,15-17H,7-14H2,1-3H3/t15-,17-/m0/s1. The first-order chi connectivity index (χ1) is 13.7. The molecule has 2 saturated heterocycles. The first-order valence-corrected chi connectivity index (χ1v) is 10.7. The Bertz CT molecular complexity index is 848. The van der Waals surface area contributed by atoms with Crippen molar-refractivity contribution in [3.05, 3.63) is 34.2 Å². The van der Waals surface area contributed by atoms with Gasteiger partial charge >= 0.3 is 6.09 Å². The summed E-state index contributed by atoms with van der Waals surface area (Å²) in [7, 11) is 0. The lowest BCUT2D eigenvalue weighted by Crippen LogP contribution is -2.52. The van der Waals surface area contributed by atoms with E-state index in [2.05, 4.69) is 0 Å². The van der Waals surface area contributed by atoms with Crippen LogP contribution in [0.15, 0.2) is 23.0 Å². The Morgan fingerprint density at radius 1 is 1.03 bits per heavy atom. The highest BCUT2D eigenvalue weighted by molar-refractivity contribution is 5.79. The summed E-state index contributed by atoms with van der Waals surface area (Å²) in [5, 5.41) is 0. The third-order valence-electron chi connectivity index (χ3n) is 6.29. The van der Waals surface area contributed by atoms with Crippen LogP contribution in [-0.2, 0) is 16.1 Å². The fraction of sp³-hybridized carbons (Fsp3) is 0.682. The first kappa shape index (κ1) is 20.0. The summed E-state index contributed by atoms with van der Waals surface area (Å²) in [6.45, 7) is 8.82. The van der Waals surface area contributed by atoms with E-state index in [9.17, 15) is 14.4 Å². The number of rotatable bonds is 1. The molecule has 1 aromatic heterocycles. The third kappa shape index (κ3) is 4.19. The van der Waals surface area contributed by atoms with Gasteiger partial charge in [0.15, 0.2) is 0 Å². The number of hydrogen-bond donors (Lipinski definition) is 0. The maximum Gasteiger partial charge on any atom is 0.410 e. The Balaban J connectivity index is 1.37. The van der Waals surface area contributed by atoms with Crippen molar-refractivity contribution in [1.29, 1.82) is 0 Å². The molecule has 0 N–H and O–H groups in total. The summed E-state index contributed by atoms with van der Waals surface area (Å²) in [6.07, 6.45) is 2.11. The van der Waals surface area contributed by atoms with Crippen LogP contribution in [0.25, 0.3) is 0 Å². The first-order valence-electron chi connectivity index (χ1n) is 10.7. The molecule has 7 nitrogen and oxygen atoms in total. The number of nitrogens with zero attached hydrogens (tertiary/aromatic N) is 3. The maximum atomic E-state index is 13.2. The van der Waals surface area contributed by atoms with Gasteiger partial charge in [0.2, 0.25) is 5.91 Å². The zero-order valence-corrected chi connectivity index (χ0v) is 17.6. The van der Waals surface area contributed by atoms with Gasteiger partial charge in [0.05, 0.1) is 0 Å². The van der Waals surface area contributed by atoms with E-state index in [4.69, 9.17) is 4.74 Å². The predicted octanol–water partition coefficient (Wildman–Crippen LogP) is 2.44. The number of aromatic nitrogens is 1. The summed E-state index contributed by atoms with van der Waals surface area (Å²) in [4.78, 5) is 41.3. The average Bonchev–Trinajstić information content (AvgIpc) is 2.67. The molecule has 7 heteroatoms.